The smallest absolute Gasteiger partial charge is 0.411 e. The first-order chi connectivity index (χ1) is 10.3. The van der Waals surface area contributed by atoms with Crippen LogP contribution in [0.15, 0.2) is 0 Å². The molecular formula is C13H27ClN2O5S. The molecule has 22 heavy (non-hydrogen) atoms. The largest absolute Gasteiger partial charge is 0.445 e. The number of nitrogens with two attached hydrogens (primary N) is 1. The number of ether oxygens (including phenoxy) is 2. The fraction of sp³-hybridized carbons (Fsp3) is 0.923. The van der Waals surface area contributed by atoms with Gasteiger partial charge >= 0.3 is 6.09 Å². The molecule has 1 amide bonds. The highest BCUT2D eigenvalue weighted by Gasteiger charge is 2.22. The Labute approximate surface area is 138 Å². The third-order valence-corrected chi connectivity index (χ3v) is 4.22. The van der Waals surface area contributed by atoms with E-state index in [0.717, 1.165) is 25.5 Å². The zero-order chi connectivity index (χ0) is 17.0. The lowest BCUT2D eigenvalue weighted by atomic mass is 10.1. The van der Waals surface area contributed by atoms with Gasteiger partial charge in [0.2, 0.25) is 0 Å². The van der Waals surface area contributed by atoms with Crippen LogP contribution in [0.25, 0.3) is 0 Å². The third-order valence-electron chi connectivity index (χ3n) is 2.95. The van der Waals surface area contributed by atoms with Gasteiger partial charge in [0.05, 0.1) is 18.4 Å². The van der Waals surface area contributed by atoms with Crippen LogP contribution in [0.3, 0.4) is 0 Å². The quantitative estimate of drug-likeness (QED) is 0.320. The van der Waals surface area contributed by atoms with Crippen molar-refractivity contribution < 1.29 is 22.7 Å². The minimum atomic E-state index is -3.24. The van der Waals surface area contributed by atoms with Crippen molar-refractivity contribution in [3.8, 4) is 0 Å². The molecule has 1 atom stereocenters. The first-order valence-corrected chi connectivity index (χ1v) is 9.81. The van der Waals surface area contributed by atoms with Crippen LogP contribution in [0.5, 0.6) is 0 Å². The average Bonchev–Trinajstić information content (AvgIpc) is 2.42. The number of alkyl halides is 1. The molecule has 0 aromatic heterocycles. The summed E-state index contributed by atoms with van der Waals surface area (Å²) in [7, 11) is -1.72. The fourth-order valence-corrected chi connectivity index (χ4v) is 2.95. The molecule has 0 saturated carbocycles. The Morgan fingerprint density at radius 2 is 2.00 bits per heavy atom. The van der Waals surface area contributed by atoms with Crippen molar-refractivity contribution in [3.63, 3.8) is 0 Å². The maximum Gasteiger partial charge on any atom is 0.411 e. The van der Waals surface area contributed by atoms with Crippen molar-refractivity contribution in [2.45, 2.75) is 31.8 Å². The molecule has 0 bridgehead atoms. The van der Waals surface area contributed by atoms with Gasteiger partial charge in [0.15, 0.2) is 9.84 Å². The van der Waals surface area contributed by atoms with E-state index in [1.165, 1.54) is 12.0 Å². The van der Waals surface area contributed by atoms with Gasteiger partial charge < -0.3 is 15.2 Å². The van der Waals surface area contributed by atoms with Crippen LogP contribution in [-0.2, 0) is 19.3 Å². The van der Waals surface area contributed by atoms with Crippen molar-refractivity contribution in [3.05, 3.63) is 0 Å². The number of unbranched alkanes of at least 4 members (excludes halogenated alkanes) is 2. The van der Waals surface area contributed by atoms with E-state index in [0.29, 0.717) is 19.6 Å². The highest BCUT2D eigenvalue weighted by molar-refractivity contribution is 7.90. The van der Waals surface area contributed by atoms with E-state index >= 15 is 0 Å². The number of amides is 1. The van der Waals surface area contributed by atoms with Crippen molar-refractivity contribution in [2.75, 3.05) is 44.8 Å². The van der Waals surface area contributed by atoms with Crippen LogP contribution in [-0.4, -0.2) is 70.3 Å². The van der Waals surface area contributed by atoms with E-state index < -0.39 is 22.0 Å². The monoisotopic (exact) mass is 358 g/mol. The summed E-state index contributed by atoms with van der Waals surface area (Å²) in [4.78, 5) is 13.3. The van der Waals surface area contributed by atoms with Gasteiger partial charge in [0.1, 0.15) is 6.10 Å². The molecule has 0 aliphatic carbocycles. The SMILES string of the molecule is COCCN(CCl)C(=O)OC(CCCCCN)CS(C)(=O)=O. The van der Waals surface area contributed by atoms with Crippen LogP contribution in [0, 0.1) is 0 Å². The Morgan fingerprint density at radius 1 is 1.32 bits per heavy atom. The molecule has 9 heteroatoms. The highest BCUT2D eigenvalue weighted by Crippen LogP contribution is 2.11. The lowest BCUT2D eigenvalue weighted by Gasteiger charge is -2.23. The van der Waals surface area contributed by atoms with Gasteiger partial charge in [-0.2, -0.15) is 0 Å². The minimum Gasteiger partial charge on any atom is -0.445 e. The highest BCUT2D eigenvalue weighted by atomic mass is 35.5. The van der Waals surface area contributed by atoms with Crippen molar-refractivity contribution in [1.29, 1.82) is 0 Å². The minimum absolute atomic E-state index is 0.0407. The summed E-state index contributed by atoms with van der Waals surface area (Å²) in [5.74, 6) is -0.193. The van der Waals surface area contributed by atoms with Gasteiger partial charge in [-0.3, -0.25) is 4.90 Å². The number of carbonyl (C=O) groups excluding carboxylic acids is 1. The second-order valence-corrected chi connectivity index (χ2v) is 7.54. The summed E-state index contributed by atoms with van der Waals surface area (Å²) in [5, 5.41) is 0. The predicted octanol–water partition coefficient (Wildman–Crippen LogP) is 1.20. The summed E-state index contributed by atoms with van der Waals surface area (Å²) >= 11 is 5.70. The second-order valence-electron chi connectivity index (χ2n) is 5.11. The number of rotatable bonds is 12. The Balaban J connectivity index is 4.55. The second kappa shape index (κ2) is 11.9. The Bertz CT molecular complexity index is 405. The summed E-state index contributed by atoms with van der Waals surface area (Å²) in [6.07, 6.45) is 2.80. The molecule has 0 fully saturated rings. The standard InChI is InChI=1S/C13H27ClN2O5S/c1-20-9-8-16(11-14)13(17)21-12(10-22(2,18)19)6-4-3-5-7-15/h12H,3-11,15H2,1-2H3. The number of hydrogen-bond donors (Lipinski definition) is 1. The zero-order valence-electron chi connectivity index (χ0n) is 13.3. The molecule has 132 valence electrons. The van der Waals surface area contributed by atoms with Crippen LogP contribution in [0.4, 0.5) is 4.79 Å². The first kappa shape index (κ1) is 21.4. The number of carbonyl (C=O) groups is 1. The maximum atomic E-state index is 12.0. The molecule has 0 heterocycles. The normalized spacial score (nSPS) is 12.9. The molecule has 0 aliphatic heterocycles. The molecular weight excluding hydrogens is 332 g/mol. The van der Waals surface area contributed by atoms with Gasteiger partial charge in [-0.1, -0.05) is 6.42 Å². The van der Waals surface area contributed by atoms with E-state index in [9.17, 15) is 13.2 Å². The van der Waals surface area contributed by atoms with E-state index in [4.69, 9.17) is 26.8 Å². The van der Waals surface area contributed by atoms with E-state index in [1.54, 1.807) is 0 Å². The van der Waals surface area contributed by atoms with Gasteiger partial charge in [-0.15, -0.1) is 11.6 Å². The van der Waals surface area contributed by atoms with Gasteiger partial charge in [0.25, 0.3) is 0 Å². The number of methoxy groups -OCH3 is 1. The lowest BCUT2D eigenvalue weighted by molar-refractivity contribution is 0.0633. The molecule has 7 nitrogen and oxygen atoms in total. The average molecular weight is 359 g/mol. The number of sulfone groups is 1. The topological polar surface area (TPSA) is 98.9 Å². The van der Waals surface area contributed by atoms with Gasteiger partial charge in [-0.05, 0) is 25.8 Å². The van der Waals surface area contributed by atoms with Crippen LogP contribution >= 0.6 is 11.6 Å². The summed E-state index contributed by atoms with van der Waals surface area (Å²) in [6, 6.07) is -0.0407. The Kier molecular flexibility index (Phi) is 11.6. The molecule has 0 aromatic carbocycles. The third kappa shape index (κ3) is 11.1. The summed E-state index contributed by atoms with van der Waals surface area (Å²) < 4.78 is 33.1. The number of nitrogens with zero attached hydrogens (tertiary/aromatic N) is 1. The molecule has 2 N–H and O–H groups in total. The number of halogens is 1. The zero-order valence-corrected chi connectivity index (χ0v) is 14.9. The molecule has 0 rings (SSSR count). The summed E-state index contributed by atoms with van der Waals surface area (Å²) in [6.45, 7) is 1.21. The lowest BCUT2D eigenvalue weighted by Crippen LogP contribution is -2.37. The summed E-state index contributed by atoms with van der Waals surface area (Å²) in [5.41, 5.74) is 5.42. The maximum absolute atomic E-state index is 12.0. The molecule has 0 aliphatic rings. The Hall–Kier alpha value is -0.570. The van der Waals surface area contributed by atoms with Gasteiger partial charge in [-0.25, -0.2) is 13.2 Å². The van der Waals surface area contributed by atoms with Crippen molar-refractivity contribution >= 4 is 27.5 Å². The molecule has 1 unspecified atom stereocenters. The molecule has 0 spiro atoms. The Morgan fingerprint density at radius 3 is 2.50 bits per heavy atom. The van der Waals surface area contributed by atoms with Crippen molar-refractivity contribution in [1.82, 2.24) is 4.90 Å². The predicted molar refractivity (Wildman–Crippen MR) is 86.8 cm³/mol. The first-order valence-electron chi connectivity index (χ1n) is 7.22. The molecule has 0 saturated heterocycles. The van der Waals surface area contributed by atoms with Crippen molar-refractivity contribution in [2.24, 2.45) is 5.73 Å². The van der Waals surface area contributed by atoms with Crippen LogP contribution in [0.1, 0.15) is 25.7 Å². The van der Waals surface area contributed by atoms with Crippen LogP contribution < -0.4 is 5.73 Å². The van der Waals surface area contributed by atoms with E-state index in [-0.39, 0.29) is 18.3 Å². The number of hydrogen-bond acceptors (Lipinski definition) is 6. The van der Waals surface area contributed by atoms with E-state index in [2.05, 4.69) is 0 Å². The fourth-order valence-electron chi connectivity index (χ4n) is 1.83. The molecule has 0 aromatic rings. The van der Waals surface area contributed by atoms with Gasteiger partial charge in [0, 0.05) is 19.9 Å². The van der Waals surface area contributed by atoms with Crippen LogP contribution in [0.2, 0.25) is 0 Å². The van der Waals surface area contributed by atoms with E-state index in [1.807, 2.05) is 0 Å². The molecule has 0 radical (unpaired) electrons.